The zero-order chi connectivity index (χ0) is 15.2. The van der Waals surface area contributed by atoms with Crippen molar-refractivity contribution in [3.8, 4) is 11.3 Å². The summed E-state index contributed by atoms with van der Waals surface area (Å²) in [5, 5.41) is 4.22. The molecule has 0 atom stereocenters. The largest absolute Gasteiger partial charge is 0.444 e. The van der Waals surface area contributed by atoms with E-state index in [9.17, 15) is 0 Å². The van der Waals surface area contributed by atoms with E-state index in [0.29, 0.717) is 6.54 Å². The first-order valence-corrected chi connectivity index (χ1v) is 6.92. The van der Waals surface area contributed by atoms with Crippen LogP contribution in [-0.2, 0) is 6.54 Å². The molecule has 1 heterocycles. The molecule has 5 heteroatoms. The van der Waals surface area contributed by atoms with Crippen LogP contribution in [0.15, 0.2) is 70.6 Å². The molecule has 3 N–H and O–H groups in total. The van der Waals surface area contributed by atoms with E-state index in [1.807, 2.05) is 48.5 Å². The Morgan fingerprint density at radius 2 is 1.86 bits per heavy atom. The van der Waals surface area contributed by atoms with Crippen LogP contribution in [0.2, 0.25) is 0 Å². The minimum atomic E-state index is 0.549. The third kappa shape index (κ3) is 3.39. The van der Waals surface area contributed by atoms with Gasteiger partial charge in [0.05, 0.1) is 18.1 Å². The topological polar surface area (TPSA) is 76.4 Å². The highest BCUT2D eigenvalue weighted by molar-refractivity contribution is 5.80. The van der Waals surface area contributed by atoms with Crippen molar-refractivity contribution in [3.63, 3.8) is 0 Å². The van der Waals surface area contributed by atoms with Gasteiger partial charge < -0.3 is 10.2 Å². The molecule has 0 bridgehead atoms. The molecule has 0 saturated heterocycles. The molecular weight excluding hydrogens is 276 g/mol. The standard InChI is InChI=1S/C17H16N4O/c18-9-13-1-3-14(4-2-13)10-20-21-16-7-5-15(6-8-16)17-11-19-12-22-17/h1-8,10-12,21H,9,18H2. The van der Waals surface area contributed by atoms with Crippen molar-refractivity contribution in [2.75, 3.05) is 5.43 Å². The zero-order valence-corrected chi connectivity index (χ0v) is 11.9. The third-order valence-corrected chi connectivity index (χ3v) is 3.22. The quantitative estimate of drug-likeness (QED) is 0.559. The van der Waals surface area contributed by atoms with E-state index in [2.05, 4.69) is 15.5 Å². The van der Waals surface area contributed by atoms with E-state index in [4.69, 9.17) is 10.2 Å². The van der Waals surface area contributed by atoms with Crippen LogP contribution in [-0.4, -0.2) is 11.2 Å². The summed E-state index contributed by atoms with van der Waals surface area (Å²) in [6.45, 7) is 0.549. The minimum Gasteiger partial charge on any atom is -0.444 e. The van der Waals surface area contributed by atoms with Crippen molar-refractivity contribution in [2.24, 2.45) is 10.8 Å². The van der Waals surface area contributed by atoms with E-state index < -0.39 is 0 Å². The molecule has 2 aromatic carbocycles. The van der Waals surface area contributed by atoms with Gasteiger partial charge in [-0.3, -0.25) is 5.43 Å². The van der Waals surface area contributed by atoms with Gasteiger partial charge in [-0.1, -0.05) is 24.3 Å². The average Bonchev–Trinajstić information content (AvgIpc) is 3.11. The van der Waals surface area contributed by atoms with E-state index in [1.165, 1.54) is 6.39 Å². The van der Waals surface area contributed by atoms with Crippen LogP contribution in [0, 0.1) is 0 Å². The number of nitrogens with two attached hydrogens (primary N) is 1. The second-order valence-corrected chi connectivity index (χ2v) is 4.76. The van der Waals surface area contributed by atoms with Gasteiger partial charge in [0.1, 0.15) is 0 Å². The van der Waals surface area contributed by atoms with Crippen LogP contribution < -0.4 is 11.2 Å². The van der Waals surface area contributed by atoms with Crippen LogP contribution >= 0.6 is 0 Å². The van der Waals surface area contributed by atoms with Crippen LogP contribution in [0.25, 0.3) is 11.3 Å². The first-order chi connectivity index (χ1) is 10.8. The molecule has 0 unspecified atom stereocenters. The number of oxazole rings is 1. The fourth-order valence-electron chi connectivity index (χ4n) is 1.99. The fourth-order valence-corrected chi connectivity index (χ4v) is 1.99. The molecule has 0 aliphatic carbocycles. The second-order valence-electron chi connectivity index (χ2n) is 4.76. The molecule has 0 amide bonds. The van der Waals surface area contributed by atoms with Gasteiger partial charge in [-0.25, -0.2) is 4.98 Å². The van der Waals surface area contributed by atoms with Crippen molar-refractivity contribution in [2.45, 2.75) is 6.54 Å². The number of hydrazone groups is 1. The van der Waals surface area contributed by atoms with E-state index >= 15 is 0 Å². The maximum atomic E-state index is 5.57. The number of hydrogen-bond donors (Lipinski definition) is 2. The lowest BCUT2D eigenvalue weighted by Gasteiger charge is -2.02. The molecule has 0 fully saturated rings. The highest BCUT2D eigenvalue weighted by Gasteiger charge is 2.00. The van der Waals surface area contributed by atoms with Gasteiger partial charge in [-0.2, -0.15) is 5.10 Å². The van der Waals surface area contributed by atoms with Crippen molar-refractivity contribution < 1.29 is 4.42 Å². The molecule has 0 aliphatic rings. The molecule has 22 heavy (non-hydrogen) atoms. The van der Waals surface area contributed by atoms with Crippen molar-refractivity contribution >= 4 is 11.9 Å². The summed E-state index contributed by atoms with van der Waals surface area (Å²) in [5.74, 6) is 0.745. The summed E-state index contributed by atoms with van der Waals surface area (Å²) >= 11 is 0. The molecule has 0 aliphatic heterocycles. The predicted molar refractivity (Wildman–Crippen MR) is 87.5 cm³/mol. The lowest BCUT2D eigenvalue weighted by Crippen LogP contribution is -1.96. The minimum absolute atomic E-state index is 0.549. The summed E-state index contributed by atoms with van der Waals surface area (Å²) < 4.78 is 5.25. The third-order valence-electron chi connectivity index (χ3n) is 3.22. The van der Waals surface area contributed by atoms with Gasteiger partial charge in [0.25, 0.3) is 0 Å². The Bertz CT molecular complexity index is 731. The average molecular weight is 292 g/mol. The van der Waals surface area contributed by atoms with Crippen molar-refractivity contribution in [1.82, 2.24) is 4.98 Å². The monoisotopic (exact) mass is 292 g/mol. The predicted octanol–water partition coefficient (Wildman–Crippen LogP) is 3.25. The number of nitrogens with one attached hydrogen (secondary N) is 1. The number of anilines is 1. The normalized spacial score (nSPS) is 11.0. The number of hydrogen-bond acceptors (Lipinski definition) is 5. The van der Waals surface area contributed by atoms with Crippen LogP contribution in [0.4, 0.5) is 5.69 Å². The first kappa shape index (κ1) is 14.0. The lowest BCUT2D eigenvalue weighted by molar-refractivity contribution is 0.572. The molecule has 5 nitrogen and oxygen atoms in total. The van der Waals surface area contributed by atoms with Crippen LogP contribution in [0.1, 0.15) is 11.1 Å². The number of nitrogens with zero attached hydrogens (tertiary/aromatic N) is 2. The molecule has 3 aromatic rings. The summed E-state index contributed by atoms with van der Waals surface area (Å²) in [7, 11) is 0. The highest BCUT2D eigenvalue weighted by Crippen LogP contribution is 2.20. The summed E-state index contributed by atoms with van der Waals surface area (Å²) in [6, 6.07) is 15.7. The molecule has 110 valence electrons. The van der Waals surface area contributed by atoms with Gasteiger partial charge in [0.15, 0.2) is 12.2 Å². The maximum Gasteiger partial charge on any atom is 0.181 e. The van der Waals surface area contributed by atoms with Gasteiger partial charge in [-0.15, -0.1) is 0 Å². The van der Waals surface area contributed by atoms with E-state index in [-0.39, 0.29) is 0 Å². The van der Waals surface area contributed by atoms with Gasteiger partial charge in [-0.05, 0) is 35.4 Å². The highest BCUT2D eigenvalue weighted by atomic mass is 16.3. The zero-order valence-electron chi connectivity index (χ0n) is 11.9. The van der Waals surface area contributed by atoms with Crippen molar-refractivity contribution in [1.29, 1.82) is 0 Å². The Labute approximate surface area is 128 Å². The molecular formula is C17H16N4O. The van der Waals surface area contributed by atoms with Crippen LogP contribution in [0.3, 0.4) is 0 Å². The summed E-state index contributed by atoms with van der Waals surface area (Å²) in [5.41, 5.74) is 12.6. The number of aromatic nitrogens is 1. The second kappa shape index (κ2) is 6.69. The Hall–Kier alpha value is -2.92. The molecule has 0 saturated carbocycles. The Morgan fingerprint density at radius 3 is 2.50 bits per heavy atom. The fraction of sp³-hybridized carbons (Fsp3) is 0.0588. The van der Waals surface area contributed by atoms with Gasteiger partial charge in [0, 0.05) is 12.1 Å². The Kier molecular flexibility index (Phi) is 4.27. The molecule has 0 radical (unpaired) electrons. The number of benzene rings is 2. The lowest BCUT2D eigenvalue weighted by atomic mass is 10.1. The number of rotatable bonds is 5. The van der Waals surface area contributed by atoms with Crippen LogP contribution in [0.5, 0.6) is 0 Å². The maximum absolute atomic E-state index is 5.57. The Morgan fingerprint density at radius 1 is 1.09 bits per heavy atom. The van der Waals surface area contributed by atoms with Gasteiger partial charge >= 0.3 is 0 Å². The van der Waals surface area contributed by atoms with Crippen molar-refractivity contribution in [3.05, 3.63) is 72.2 Å². The smallest absolute Gasteiger partial charge is 0.181 e. The first-order valence-electron chi connectivity index (χ1n) is 6.92. The van der Waals surface area contributed by atoms with E-state index in [0.717, 1.165) is 28.1 Å². The SMILES string of the molecule is NCc1ccc(C=NNc2ccc(-c3cnco3)cc2)cc1. The molecule has 0 spiro atoms. The molecule has 3 rings (SSSR count). The summed E-state index contributed by atoms with van der Waals surface area (Å²) in [6.07, 6.45) is 4.87. The van der Waals surface area contributed by atoms with Gasteiger partial charge in [0.2, 0.25) is 0 Å². The summed E-state index contributed by atoms with van der Waals surface area (Å²) in [4.78, 5) is 3.90. The molecule has 1 aromatic heterocycles. The Balaban J connectivity index is 1.62. The van der Waals surface area contributed by atoms with E-state index in [1.54, 1.807) is 12.4 Å².